The van der Waals surface area contributed by atoms with E-state index in [4.69, 9.17) is 0 Å². The number of H-pyrrole nitrogens is 1. The van der Waals surface area contributed by atoms with Crippen LogP contribution in [0.1, 0.15) is 27.2 Å². The number of aromatic nitrogens is 3. The second kappa shape index (κ2) is 8.39. The third-order valence-electron chi connectivity index (χ3n) is 4.57. The Morgan fingerprint density at radius 3 is 2.57 bits per heavy atom. The van der Waals surface area contributed by atoms with E-state index < -0.39 is 11.9 Å². The number of amides is 4. The van der Waals surface area contributed by atoms with E-state index in [0.717, 1.165) is 5.56 Å². The van der Waals surface area contributed by atoms with Crippen molar-refractivity contribution in [3.05, 3.63) is 83.3 Å². The smallest absolute Gasteiger partial charge is 0.314 e. The molecule has 1 aromatic carbocycles. The maximum atomic E-state index is 12.4. The number of hydrogen-bond acceptors (Lipinski definition) is 5. The second-order valence-electron chi connectivity index (χ2n) is 6.61. The predicted molar refractivity (Wildman–Crippen MR) is 109 cm³/mol. The molecule has 3 aromatic rings. The molecule has 0 saturated carbocycles. The molecule has 30 heavy (non-hydrogen) atoms. The molecule has 0 atom stereocenters. The van der Waals surface area contributed by atoms with Crippen molar-refractivity contribution in [3.63, 3.8) is 0 Å². The van der Waals surface area contributed by atoms with Gasteiger partial charge in [-0.3, -0.25) is 25.0 Å². The van der Waals surface area contributed by atoms with Crippen LogP contribution in [0.4, 0.5) is 10.6 Å². The van der Waals surface area contributed by atoms with E-state index in [1.54, 1.807) is 60.9 Å². The zero-order valence-electron chi connectivity index (χ0n) is 15.8. The number of benzene rings is 1. The number of rotatable bonds is 4. The summed E-state index contributed by atoms with van der Waals surface area (Å²) in [5, 5.41) is 12.0. The molecule has 2 aromatic heterocycles. The Hall–Kier alpha value is -4.27. The van der Waals surface area contributed by atoms with Crippen molar-refractivity contribution in [3.8, 4) is 0 Å². The number of nitrogens with one attached hydrogen (secondary N) is 3. The van der Waals surface area contributed by atoms with Crippen molar-refractivity contribution in [2.45, 2.75) is 13.1 Å². The Kier molecular flexibility index (Phi) is 5.33. The first-order valence-corrected chi connectivity index (χ1v) is 9.20. The minimum atomic E-state index is -0.511. The Bertz CT molecular complexity index is 1110. The first kappa shape index (κ1) is 19.1. The monoisotopic (exact) mass is 402 g/mol. The average Bonchev–Trinajstić information content (AvgIpc) is 3.36. The maximum absolute atomic E-state index is 12.4. The summed E-state index contributed by atoms with van der Waals surface area (Å²) in [6.45, 7) is 0.488. The van der Waals surface area contributed by atoms with Crippen LogP contribution in [-0.2, 0) is 17.9 Å². The zero-order valence-corrected chi connectivity index (χ0v) is 15.8. The van der Waals surface area contributed by atoms with Gasteiger partial charge in [-0.1, -0.05) is 18.2 Å². The lowest BCUT2D eigenvalue weighted by Gasteiger charge is -2.16. The normalized spacial score (nSPS) is 12.6. The summed E-state index contributed by atoms with van der Waals surface area (Å²) in [7, 11) is 0. The summed E-state index contributed by atoms with van der Waals surface area (Å²) in [5.74, 6) is -0.452. The van der Waals surface area contributed by atoms with Crippen LogP contribution in [0.2, 0.25) is 0 Å². The van der Waals surface area contributed by atoms with E-state index in [1.807, 2.05) is 0 Å². The van der Waals surface area contributed by atoms with Gasteiger partial charge in [-0.15, -0.1) is 0 Å². The van der Waals surface area contributed by atoms with Gasteiger partial charge in [-0.05, 0) is 35.9 Å². The lowest BCUT2D eigenvalue weighted by Crippen LogP contribution is -2.40. The molecular formula is C21H18N6O3. The number of aromatic amines is 1. The molecule has 0 aliphatic carbocycles. The Morgan fingerprint density at radius 2 is 1.80 bits per heavy atom. The van der Waals surface area contributed by atoms with Gasteiger partial charge >= 0.3 is 6.03 Å². The molecule has 0 radical (unpaired) electrons. The number of imide groups is 1. The number of anilines is 1. The molecule has 0 saturated heterocycles. The van der Waals surface area contributed by atoms with E-state index in [2.05, 4.69) is 25.8 Å². The fraction of sp³-hybridized carbons (Fsp3) is 0.0952. The number of carbonyl (C=O) groups excluding carboxylic acids is 3. The van der Waals surface area contributed by atoms with Crippen molar-refractivity contribution in [1.82, 2.24) is 25.4 Å². The zero-order chi connectivity index (χ0) is 20.9. The Labute approximate surface area is 171 Å². The van der Waals surface area contributed by atoms with Gasteiger partial charge in [0.2, 0.25) is 5.91 Å². The van der Waals surface area contributed by atoms with E-state index in [9.17, 15) is 14.4 Å². The summed E-state index contributed by atoms with van der Waals surface area (Å²) in [6.07, 6.45) is 6.34. The van der Waals surface area contributed by atoms with Crippen molar-refractivity contribution in [2.24, 2.45) is 0 Å². The molecule has 0 fully saturated rings. The van der Waals surface area contributed by atoms with Crippen molar-refractivity contribution < 1.29 is 14.4 Å². The number of pyridine rings is 1. The molecule has 0 bridgehead atoms. The van der Waals surface area contributed by atoms with Crippen LogP contribution >= 0.6 is 0 Å². The Morgan fingerprint density at radius 1 is 1.03 bits per heavy atom. The van der Waals surface area contributed by atoms with E-state index in [-0.39, 0.29) is 19.0 Å². The highest BCUT2D eigenvalue weighted by molar-refractivity contribution is 6.04. The molecule has 9 heteroatoms. The van der Waals surface area contributed by atoms with Crippen LogP contribution in [0.5, 0.6) is 0 Å². The van der Waals surface area contributed by atoms with Crippen LogP contribution in [0.3, 0.4) is 0 Å². The fourth-order valence-electron chi connectivity index (χ4n) is 3.03. The largest absolute Gasteiger partial charge is 0.324 e. The van der Waals surface area contributed by atoms with Crippen LogP contribution in [0.15, 0.2) is 60.9 Å². The molecule has 4 amide bonds. The van der Waals surface area contributed by atoms with Gasteiger partial charge < -0.3 is 10.2 Å². The average molecular weight is 402 g/mol. The van der Waals surface area contributed by atoms with Gasteiger partial charge in [0.1, 0.15) is 0 Å². The van der Waals surface area contributed by atoms with Crippen LogP contribution in [0, 0.1) is 0 Å². The molecule has 3 N–H and O–H groups in total. The summed E-state index contributed by atoms with van der Waals surface area (Å²) < 4.78 is 0. The summed E-state index contributed by atoms with van der Waals surface area (Å²) in [5.41, 5.74) is 2.67. The molecule has 0 spiro atoms. The molecule has 1 aliphatic rings. The van der Waals surface area contributed by atoms with Gasteiger partial charge in [-0.25, -0.2) is 4.79 Å². The van der Waals surface area contributed by atoms with Gasteiger partial charge in [0.05, 0.1) is 18.8 Å². The predicted octanol–water partition coefficient (Wildman–Crippen LogP) is 2.32. The summed E-state index contributed by atoms with van der Waals surface area (Å²) >= 11 is 0. The van der Waals surface area contributed by atoms with Gasteiger partial charge in [0.25, 0.3) is 5.91 Å². The minimum absolute atomic E-state index is 0.226. The van der Waals surface area contributed by atoms with E-state index >= 15 is 0 Å². The van der Waals surface area contributed by atoms with Crippen molar-refractivity contribution in [2.75, 3.05) is 5.32 Å². The quantitative estimate of drug-likeness (QED) is 0.579. The van der Waals surface area contributed by atoms with Gasteiger partial charge in [-0.2, -0.15) is 5.10 Å². The molecule has 0 unspecified atom stereocenters. The number of urea groups is 1. The van der Waals surface area contributed by atoms with Crippen molar-refractivity contribution >= 4 is 29.7 Å². The summed E-state index contributed by atoms with van der Waals surface area (Å²) in [6, 6.07) is 11.6. The highest BCUT2D eigenvalue weighted by Crippen LogP contribution is 2.27. The molecule has 4 rings (SSSR count). The molecule has 150 valence electrons. The highest BCUT2D eigenvalue weighted by Gasteiger charge is 2.29. The first-order chi connectivity index (χ1) is 14.6. The van der Waals surface area contributed by atoms with Crippen LogP contribution in [0.25, 0.3) is 6.08 Å². The molecule has 3 heterocycles. The highest BCUT2D eigenvalue weighted by atomic mass is 16.2. The number of hydrogen-bond donors (Lipinski definition) is 3. The minimum Gasteiger partial charge on any atom is -0.314 e. The van der Waals surface area contributed by atoms with E-state index in [0.29, 0.717) is 22.6 Å². The van der Waals surface area contributed by atoms with Crippen molar-refractivity contribution in [1.29, 1.82) is 0 Å². The summed E-state index contributed by atoms with van der Waals surface area (Å²) in [4.78, 5) is 42.2. The number of nitrogens with zero attached hydrogens (tertiary/aromatic N) is 3. The maximum Gasteiger partial charge on any atom is 0.324 e. The molecule has 9 nitrogen and oxygen atoms in total. The van der Waals surface area contributed by atoms with Gasteiger partial charge in [0.15, 0.2) is 5.82 Å². The lowest BCUT2D eigenvalue weighted by molar-refractivity contribution is -0.111. The SMILES string of the molecule is O=C(C=Cc1ccncc1)Nc1n[nH]c2c1CN(C(=O)NC(=O)c1ccccc1)C2. The topological polar surface area (TPSA) is 120 Å². The third kappa shape index (κ3) is 4.25. The fourth-order valence-corrected chi connectivity index (χ4v) is 3.03. The van der Waals surface area contributed by atoms with Crippen LogP contribution in [-0.4, -0.2) is 37.9 Å². The lowest BCUT2D eigenvalue weighted by atomic mass is 10.2. The third-order valence-corrected chi connectivity index (χ3v) is 4.57. The molecular weight excluding hydrogens is 384 g/mol. The number of fused-ring (bicyclic) bond motifs is 1. The standard InChI is InChI=1S/C21H18N6O3/c28-18(7-6-14-8-10-22-11-9-14)23-19-16-12-27(13-17(16)25-26-19)21(30)24-20(29)15-4-2-1-3-5-15/h1-11H,12-13H2,(H,24,29,30)(H2,23,25,26,28). The van der Waals surface area contributed by atoms with E-state index in [1.165, 1.54) is 11.0 Å². The Balaban J connectivity index is 1.36. The van der Waals surface area contributed by atoms with Gasteiger partial charge in [0, 0.05) is 29.6 Å². The number of carbonyl (C=O) groups is 3. The second-order valence-corrected chi connectivity index (χ2v) is 6.61. The van der Waals surface area contributed by atoms with Crippen LogP contribution < -0.4 is 10.6 Å². The molecule has 1 aliphatic heterocycles. The first-order valence-electron chi connectivity index (χ1n) is 9.20.